The van der Waals surface area contributed by atoms with Crippen molar-refractivity contribution < 1.29 is 14.1 Å². The number of carboxylic acid groups (broad SMARTS) is 1. The molecule has 53 heavy (non-hydrogen) atoms. The van der Waals surface area contributed by atoms with E-state index in [1.165, 1.54) is 17.6 Å². The van der Waals surface area contributed by atoms with E-state index in [2.05, 4.69) is 37.5 Å². The zero-order valence-electron chi connectivity index (χ0n) is 29.5. The Labute approximate surface area is 321 Å². The summed E-state index contributed by atoms with van der Waals surface area (Å²) >= 11 is 7.67. The number of anilines is 3. The Balaban J connectivity index is 0.990. The highest BCUT2D eigenvalue weighted by Gasteiger charge is 2.27. The molecule has 5 N–H and O–H groups in total. The molecule has 272 valence electrons. The summed E-state index contributed by atoms with van der Waals surface area (Å²) in [5.41, 5.74) is 15.2. The summed E-state index contributed by atoms with van der Waals surface area (Å²) in [6.07, 6.45) is 5.78. The van der Waals surface area contributed by atoms with Gasteiger partial charge in [-0.15, -0.1) is 0 Å². The third-order valence-electron chi connectivity index (χ3n) is 9.81. The minimum absolute atomic E-state index is 0.308. The van der Waals surface area contributed by atoms with E-state index in [1.54, 1.807) is 6.07 Å². The lowest BCUT2D eigenvalue weighted by Gasteiger charge is -2.39. The van der Waals surface area contributed by atoms with E-state index < -0.39 is 17.0 Å². The second-order valence-corrected chi connectivity index (χ2v) is 15.6. The van der Waals surface area contributed by atoms with Gasteiger partial charge in [0.15, 0.2) is 0 Å². The fourth-order valence-corrected chi connectivity index (χ4v) is 8.69. The summed E-state index contributed by atoms with van der Waals surface area (Å²) in [6, 6.07) is 31.2. The molecule has 9 nitrogen and oxygen atoms in total. The first-order valence-electron chi connectivity index (χ1n) is 17.4. The zero-order chi connectivity index (χ0) is 37.1. The van der Waals surface area contributed by atoms with Gasteiger partial charge in [-0.1, -0.05) is 54.1 Å². The third kappa shape index (κ3) is 7.97. The maximum atomic E-state index is 13.2. The van der Waals surface area contributed by atoms with Gasteiger partial charge in [-0.3, -0.25) is 0 Å². The third-order valence-corrected chi connectivity index (χ3v) is 12.0. The molecule has 0 spiro atoms. The molecule has 1 aliphatic heterocycles. The number of piperazine rings is 1. The van der Waals surface area contributed by atoms with Gasteiger partial charge in [0, 0.05) is 71.5 Å². The number of aromatic carboxylic acids is 1. The summed E-state index contributed by atoms with van der Waals surface area (Å²) in [7, 11) is 0.472. The molecule has 7 rings (SSSR count). The molecule has 1 fully saturated rings. The number of carbonyl (C=O) groups is 1. The van der Waals surface area contributed by atoms with E-state index in [9.17, 15) is 14.1 Å². The van der Waals surface area contributed by atoms with E-state index in [0.29, 0.717) is 32.4 Å². The standard InChI is InChI=1S/C41H41ClN6O3S2/c1-27-38(41(49)50)39(40(46(27)2)28-11-13-30(42)14-12-28)29-7-6-8-33(25-29)48-23-21-47(22-24-48)32-17-15-31(16-18-32)45-53(51)35-19-20-37(36(43)26-35)44-52-34-9-4-3-5-10-34/h3-15,17,19-20,25-26,44-45H,16,18,21-24,43H2,1-2H3,(H,49,50). The van der Waals surface area contributed by atoms with Gasteiger partial charge in [0.05, 0.1) is 27.5 Å². The van der Waals surface area contributed by atoms with Crippen LogP contribution in [0.4, 0.5) is 17.1 Å². The van der Waals surface area contributed by atoms with E-state index in [1.807, 2.05) is 103 Å². The second kappa shape index (κ2) is 15.9. The van der Waals surface area contributed by atoms with Gasteiger partial charge >= 0.3 is 5.97 Å². The smallest absolute Gasteiger partial charge is 0.338 e. The molecule has 1 unspecified atom stereocenters. The number of allylic oxidation sites excluding steroid dienone is 4. The predicted molar refractivity (Wildman–Crippen MR) is 218 cm³/mol. The number of rotatable bonds is 11. The normalized spacial score (nSPS) is 15.1. The molecule has 2 heterocycles. The molecule has 0 radical (unpaired) electrons. The van der Waals surface area contributed by atoms with Crippen LogP contribution >= 0.6 is 23.5 Å². The second-order valence-electron chi connectivity index (χ2n) is 13.1. The average Bonchev–Trinajstić information content (AvgIpc) is 3.45. The molecule has 0 bridgehead atoms. The molecule has 2 aliphatic rings. The number of halogens is 1. The Hall–Kier alpha value is -5.10. The molecule has 1 aliphatic carbocycles. The van der Waals surface area contributed by atoms with Crippen LogP contribution in [0.15, 0.2) is 130 Å². The van der Waals surface area contributed by atoms with Crippen LogP contribution in [-0.4, -0.2) is 50.9 Å². The maximum absolute atomic E-state index is 13.2. The quantitative estimate of drug-likeness (QED) is 0.0780. The molecule has 1 saturated heterocycles. The Kier molecular flexibility index (Phi) is 10.9. The molecule has 5 aromatic rings. The number of nitrogens with two attached hydrogens (primary N) is 1. The topological polar surface area (TPSA) is 116 Å². The largest absolute Gasteiger partial charge is 0.478 e. The average molecular weight is 765 g/mol. The van der Waals surface area contributed by atoms with Crippen LogP contribution in [-0.2, 0) is 18.0 Å². The van der Waals surface area contributed by atoms with Gasteiger partial charge in [0.2, 0.25) is 0 Å². The highest BCUT2D eigenvalue weighted by Crippen LogP contribution is 2.40. The molecular weight excluding hydrogens is 724 g/mol. The maximum Gasteiger partial charge on any atom is 0.338 e. The molecule has 12 heteroatoms. The number of nitrogens with zero attached hydrogens (tertiary/aromatic N) is 3. The summed E-state index contributed by atoms with van der Waals surface area (Å²) < 4.78 is 21.6. The summed E-state index contributed by atoms with van der Waals surface area (Å²) in [5.74, 6) is -0.947. The Morgan fingerprint density at radius 3 is 2.28 bits per heavy atom. The highest BCUT2D eigenvalue weighted by molar-refractivity contribution is 8.00. The number of carboxylic acids is 1. The van der Waals surface area contributed by atoms with E-state index >= 15 is 0 Å². The lowest BCUT2D eigenvalue weighted by Crippen LogP contribution is -2.46. The number of benzene rings is 4. The van der Waals surface area contributed by atoms with Gasteiger partial charge in [0.25, 0.3) is 0 Å². The molecule has 0 saturated carbocycles. The molecule has 1 atom stereocenters. The Morgan fingerprint density at radius 2 is 1.60 bits per heavy atom. The fraction of sp³-hybridized carbons (Fsp3) is 0.195. The first-order valence-corrected chi connectivity index (χ1v) is 19.7. The van der Waals surface area contributed by atoms with Crippen molar-refractivity contribution in [3.8, 4) is 22.4 Å². The molecule has 1 aromatic heterocycles. The summed E-state index contributed by atoms with van der Waals surface area (Å²) in [4.78, 5) is 19.1. The number of aromatic nitrogens is 1. The van der Waals surface area contributed by atoms with Crippen LogP contribution in [0.3, 0.4) is 0 Å². The first-order chi connectivity index (χ1) is 25.7. The van der Waals surface area contributed by atoms with Crippen molar-refractivity contribution >= 4 is 57.6 Å². The van der Waals surface area contributed by atoms with Gasteiger partial charge < -0.3 is 34.7 Å². The van der Waals surface area contributed by atoms with E-state index in [0.717, 1.165) is 77.8 Å². The predicted octanol–water partition coefficient (Wildman–Crippen LogP) is 8.72. The SMILES string of the molecule is Cc1c(C(=O)O)c(-c2cccc(N3CCN(C4=CC=C(NS(=O)c5ccc(NSc6ccccc6)c(N)c5)CC4)CC3)c2)c(-c2ccc(Cl)cc2)n1C. The highest BCUT2D eigenvalue weighted by atomic mass is 35.5. The molecular formula is C41H41ClN6O3S2. The van der Waals surface area contributed by atoms with Crippen molar-refractivity contribution in [1.29, 1.82) is 0 Å². The van der Waals surface area contributed by atoms with Crippen molar-refractivity contribution in [2.45, 2.75) is 29.6 Å². The van der Waals surface area contributed by atoms with E-state index in [4.69, 9.17) is 17.3 Å². The van der Waals surface area contributed by atoms with Crippen LogP contribution < -0.4 is 20.1 Å². The van der Waals surface area contributed by atoms with Crippen molar-refractivity contribution in [3.63, 3.8) is 0 Å². The van der Waals surface area contributed by atoms with Gasteiger partial charge in [-0.05, 0) is 110 Å². The number of nitrogens with one attached hydrogen (secondary N) is 2. The summed E-state index contributed by atoms with van der Waals surface area (Å²) in [5, 5.41) is 10.9. The van der Waals surface area contributed by atoms with Crippen molar-refractivity contribution in [2.75, 3.05) is 41.5 Å². The van der Waals surface area contributed by atoms with Crippen molar-refractivity contribution in [3.05, 3.63) is 137 Å². The lowest BCUT2D eigenvalue weighted by molar-refractivity contribution is 0.0696. The van der Waals surface area contributed by atoms with Crippen LogP contribution in [0.5, 0.6) is 0 Å². The van der Waals surface area contributed by atoms with Crippen molar-refractivity contribution in [1.82, 2.24) is 14.2 Å². The molecule has 4 aromatic carbocycles. The number of hydrogen-bond donors (Lipinski definition) is 4. The monoisotopic (exact) mass is 764 g/mol. The van der Waals surface area contributed by atoms with Gasteiger partial charge in [0.1, 0.15) is 11.0 Å². The van der Waals surface area contributed by atoms with Crippen LogP contribution in [0.25, 0.3) is 22.4 Å². The Morgan fingerprint density at radius 1 is 0.868 bits per heavy atom. The van der Waals surface area contributed by atoms with Crippen LogP contribution in [0.2, 0.25) is 5.02 Å². The van der Waals surface area contributed by atoms with E-state index in [-0.39, 0.29) is 0 Å². The lowest BCUT2D eigenvalue weighted by atomic mass is 9.96. The van der Waals surface area contributed by atoms with Gasteiger partial charge in [-0.25, -0.2) is 9.00 Å². The van der Waals surface area contributed by atoms with Crippen molar-refractivity contribution in [2.24, 2.45) is 7.05 Å². The Bertz CT molecular complexity index is 2230. The first kappa shape index (κ1) is 36.3. The number of nitrogen functional groups attached to an aromatic ring is 1. The number of hydrogen-bond acceptors (Lipinski definition) is 7. The van der Waals surface area contributed by atoms with Crippen LogP contribution in [0, 0.1) is 6.92 Å². The van der Waals surface area contributed by atoms with Crippen LogP contribution in [0.1, 0.15) is 28.9 Å². The summed E-state index contributed by atoms with van der Waals surface area (Å²) in [6.45, 7) is 5.24. The minimum Gasteiger partial charge on any atom is -0.478 e. The zero-order valence-corrected chi connectivity index (χ0v) is 31.9. The fourth-order valence-electron chi connectivity index (χ4n) is 6.91. The molecule has 0 amide bonds. The minimum atomic E-state index is -1.44. The van der Waals surface area contributed by atoms with Gasteiger partial charge in [-0.2, -0.15) is 0 Å².